The van der Waals surface area contributed by atoms with Gasteiger partial charge >= 0.3 is 0 Å². The van der Waals surface area contributed by atoms with Crippen LogP contribution in [0.3, 0.4) is 0 Å². The van der Waals surface area contributed by atoms with E-state index in [9.17, 15) is 0 Å². The molecule has 0 spiro atoms. The van der Waals surface area contributed by atoms with Crippen molar-refractivity contribution in [1.29, 1.82) is 0 Å². The third-order valence-electron chi connectivity index (χ3n) is 19.3. The minimum Gasteiger partial charge on any atom is -0.0622 e. The van der Waals surface area contributed by atoms with Crippen LogP contribution >= 0.6 is 0 Å². The summed E-state index contributed by atoms with van der Waals surface area (Å²) >= 11 is 0. The Balaban J connectivity index is 2.51. The van der Waals surface area contributed by atoms with Gasteiger partial charge in [-0.1, -0.05) is 358 Å². The maximum absolute atomic E-state index is 2.73. The molecule has 0 saturated heterocycles. The van der Waals surface area contributed by atoms with Crippen molar-refractivity contribution in [3.8, 4) is 0 Å². The SMILES string of the molecule is CC(C)(C)c1cc(C(C)(C)C)c(CC(c2ccccc2)(c2ccccc2)C(c2c(C(C)(C)C)cc(C(C)(C)C)cc2C(C)(C)C)(c2c(C(C)(C)C)cc(C(C)(C)C)cc2C(C)(C)C)c2c(C(C)(C)C)cc(C(C)(C)C)cc2C(C)(C)C)c(C(C)(C)C)c1. The number of rotatable bonds is 8. The van der Waals surface area contributed by atoms with Crippen LogP contribution in [-0.2, 0) is 82.2 Å². The highest BCUT2D eigenvalue weighted by molar-refractivity contribution is 5.76. The normalized spacial score (nSPS) is 14.5. The Morgan fingerprint density at radius 3 is 0.529 bits per heavy atom. The second-order valence-electron chi connectivity index (χ2n) is 39.5. The number of hydrogen-bond acceptors (Lipinski definition) is 0. The summed E-state index contributed by atoms with van der Waals surface area (Å²) in [6.07, 6.45) is 0.710. The zero-order valence-corrected chi connectivity index (χ0v) is 63.1. The van der Waals surface area contributed by atoms with Gasteiger partial charge in [0.1, 0.15) is 0 Å². The Bertz CT molecular complexity index is 3010. The van der Waals surface area contributed by atoms with Crippen molar-refractivity contribution in [1.82, 2.24) is 0 Å². The van der Waals surface area contributed by atoms with E-state index in [0.29, 0.717) is 6.42 Å². The first-order valence-corrected chi connectivity index (χ1v) is 33.6. The van der Waals surface area contributed by atoms with Crippen molar-refractivity contribution >= 4 is 0 Å². The first-order valence-electron chi connectivity index (χ1n) is 33.6. The van der Waals surface area contributed by atoms with Crippen molar-refractivity contribution in [2.45, 2.75) is 331 Å². The Labute approximate surface area is 537 Å². The van der Waals surface area contributed by atoms with Crippen LogP contribution in [0.2, 0.25) is 0 Å². The van der Waals surface area contributed by atoms with Gasteiger partial charge in [-0.25, -0.2) is 0 Å². The van der Waals surface area contributed by atoms with Gasteiger partial charge in [0, 0.05) is 5.41 Å². The standard InChI is InChI=1S/C87H128/c1-74(2,3)58-47-63(78(13,14)15)62(64(48-58)79(16,17)18)55-86(56-43-39-37-40-44-56,57-45-41-38-42-46-57)87(71-65(80(19,20)21)49-59(75(4,5)6)50-66(71)81(22,23)24,72-67(82(25,26)27)51-60(76(7,8)9)52-68(72)83(28,29)30)73-69(84(31,32)33)53-61(77(10,11)12)54-70(73)85(34,35)36/h37-54H,55H2,1-36H3. The van der Waals surface area contributed by atoms with Gasteiger partial charge in [0.25, 0.3) is 0 Å². The van der Waals surface area contributed by atoms with E-state index in [1.165, 1.54) is 100 Å². The molecule has 0 N–H and O–H groups in total. The predicted molar refractivity (Wildman–Crippen MR) is 387 cm³/mol. The zero-order valence-electron chi connectivity index (χ0n) is 63.1. The lowest BCUT2D eigenvalue weighted by molar-refractivity contribution is 0.315. The first-order chi connectivity index (χ1) is 38.8. The van der Waals surface area contributed by atoms with E-state index in [1.807, 2.05) is 0 Å². The van der Waals surface area contributed by atoms with E-state index in [-0.39, 0.29) is 65.0 Å². The maximum Gasteiger partial charge on any atom is 0.0608 e. The van der Waals surface area contributed by atoms with E-state index in [1.54, 1.807) is 0 Å². The second-order valence-corrected chi connectivity index (χ2v) is 39.5. The molecule has 0 aliphatic rings. The summed E-state index contributed by atoms with van der Waals surface area (Å²) in [5.41, 5.74) is 20.3. The molecule has 0 aliphatic heterocycles. The lowest BCUT2D eigenvalue weighted by atomic mass is 9.41. The fourth-order valence-electron chi connectivity index (χ4n) is 14.3. The van der Waals surface area contributed by atoms with Gasteiger partial charge in [-0.05, 0) is 172 Å². The summed E-state index contributed by atoms with van der Waals surface area (Å²) in [6, 6.07) is 46.1. The van der Waals surface area contributed by atoms with Crippen molar-refractivity contribution in [2.75, 3.05) is 0 Å². The largest absolute Gasteiger partial charge is 0.0622 e. The van der Waals surface area contributed by atoms with Crippen LogP contribution in [0.25, 0.3) is 0 Å². The van der Waals surface area contributed by atoms with Crippen molar-refractivity contribution in [3.63, 3.8) is 0 Å². The first kappa shape index (κ1) is 71.4. The van der Waals surface area contributed by atoms with Crippen molar-refractivity contribution in [3.05, 3.63) is 209 Å². The molecule has 0 aliphatic carbocycles. The molecule has 0 amide bonds. The van der Waals surface area contributed by atoms with Crippen LogP contribution in [0, 0.1) is 0 Å². The average molecular weight is 1170 g/mol. The van der Waals surface area contributed by atoms with E-state index in [4.69, 9.17) is 0 Å². The number of hydrogen-bond donors (Lipinski definition) is 0. The molecular formula is C87H128. The molecule has 0 radical (unpaired) electrons. The molecule has 6 aromatic rings. The summed E-state index contributed by atoms with van der Waals surface area (Å²) in [4.78, 5) is 0. The van der Waals surface area contributed by atoms with Crippen molar-refractivity contribution in [2.24, 2.45) is 0 Å². The van der Waals surface area contributed by atoms with Crippen LogP contribution in [-0.4, -0.2) is 0 Å². The van der Waals surface area contributed by atoms with Crippen LogP contribution < -0.4 is 0 Å². The highest BCUT2D eigenvalue weighted by Gasteiger charge is 2.64. The van der Waals surface area contributed by atoms with Gasteiger partial charge < -0.3 is 0 Å². The highest BCUT2D eigenvalue weighted by Crippen LogP contribution is 2.68. The lowest BCUT2D eigenvalue weighted by Gasteiger charge is -2.60. The van der Waals surface area contributed by atoms with Gasteiger partial charge in [0.2, 0.25) is 0 Å². The van der Waals surface area contributed by atoms with E-state index >= 15 is 0 Å². The van der Waals surface area contributed by atoms with Crippen LogP contribution in [0.4, 0.5) is 0 Å². The second kappa shape index (κ2) is 22.6. The lowest BCUT2D eigenvalue weighted by Crippen LogP contribution is -2.58. The Hall–Kier alpha value is -4.68. The van der Waals surface area contributed by atoms with Crippen molar-refractivity contribution < 1.29 is 0 Å². The summed E-state index contributed by atoms with van der Waals surface area (Å²) < 4.78 is 0. The average Bonchev–Trinajstić information content (AvgIpc) is 0.658. The monoisotopic (exact) mass is 1170 g/mol. The van der Waals surface area contributed by atoms with E-state index in [0.717, 1.165) is 0 Å². The zero-order chi connectivity index (χ0) is 66.8. The topological polar surface area (TPSA) is 0 Å². The molecule has 0 heteroatoms. The Kier molecular flexibility index (Phi) is 18.6. The van der Waals surface area contributed by atoms with Crippen LogP contribution in [0.5, 0.6) is 0 Å². The quantitative estimate of drug-likeness (QED) is 0.133. The molecule has 476 valence electrons. The van der Waals surface area contributed by atoms with E-state index in [2.05, 4.69) is 358 Å². The predicted octanol–water partition coefficient (Wildman–Crippen LogP) is 24.8. The fraction of sp³-hybridized carbons (Fsp3) is 0.586. The minimum atomic E-state index is -1.05. The molecule has 0 fully saturated rings. The highest BCUT2D eigenvalue weighted by atomic mass is 14.7. The van der Waals surface area contributed by atoms with Gasteiger partial charge in [-0.15, -0.1) is 0 Å². The summed E-state index contributed by atoms with van der Waals surface area (Å²) in [5.74, 6) is 0. The molecule has 0 saturated carbocycles. The maximum atomic E-state index is 2.73. The molecule has 0 heterocycles. The molecule has 0 atom stereocenters. The van der Waals surface area contributed by atoms with E-state index < -0.39 is 10.8 Å². The summed E-state index contributed by atoms with van der Waals surface area (Å²) in [7, 11) is 0. The van der Waals surface area contributed by atoms with Gasteiger partial charge in [0.15, 0.2) is 0 Å². The minimum absolute atomic E-state index is 0.0910. The van der Waals surface area contributed by atoms with Gasteiger partial charge in [0.05, 0.1) is 5.41 Å². The molecular weight excluding hydrogens is 1040 g/mol. The summed E-state index contributed by atoms with van der Waals surface area (Å²) in [6.45, 7) is 89.9. The van der Waals surface area contributed by atoms with Gasteiger partial charge in [-0.2, -0.15) is 0 Å². The molecule has 0 bridgehead atoms. The molecule has 0 aromatic heterocycles. The Morgan fingerprint density at radius 2 is 0.368 bits per heavy atom. The van der Waals surface area contributed by atoms with Crippen LogP contribution in [0.15, 0.2) is 109 Å². The van der Waals surface area contributed by atoms with Gasteiger partial charge in [-0.3, -0.25) is 0 Å². The molecule has 87 heavy (non-hydrogen) atoms. The molecule has 0 nitrogen and oxygen atoms in total. The smallest absolute Gasteiger partial charge is 0.0608 e. The third-order valence-corrected chi connectivity index (χ3v) is 19.3. The molecule has 6 aromatic carbocycles. The molecule has 6 rings (SSSR count). The Morgan fingerprint density at radius 1 is 0.195 bits per heavy atom. The van der Waals surface area contributed by atoms with Crippen LogP contribution in [0.1, 0.15) is 349 Å². The summed E-state index contributed by atoms with van der Waals surface area (Å²) in [5, 5.41) is 0. The number of benzene rings is 6. The fourth-order valence-corrected chi connectivity index (χ4v) is 14.3. The third kappa shape index (κ3) is 14.0. The molecule has 0 unspecified atom stereocenters.